The molecule has 0 aliphatic rings. The van der Waals surface area contributed by atoms with E-state index < -0.39 is 4.92 Å². The third-order valence-corrected chi connectivity index (χ3v) is 3.65. The number of non-ortho nitro benzene ring substituents is 1. The van der Waals surface area contributed by atoms with Crippen molar-refractivity contribution < 1.29 is 4.92 Å². The first-order valence-electron chi connectivity index (χ1n) is 5.86. The van der Waals surface area contributed by atoms with Gasteiger partial charge in [0.25, 0.3) is 5.69 Å². The van der Waals surface area contributed by atoms with Crippen molar-refractivity contribution in [2.75, 3.05) is 0 Å². The monoisotopic (exact) mass is 283 g/mol. The predicted molar refractivity (Wildman–Crippen MR) is 77.4 cm³/mol. The standard InChI is InChI=1S/C14H9N3O2S/c18-17(19)11-6-4-10(5-7-11)14-16-13(9-20-14)12-3-1-2-8-15-12/h1-9H. The minimum Gasteiger partial charge on any atom is -0.258 e. The Morgan fingerprint density at radius 3 is 2.50 bits per heavy atom. The van der Waals surface area contributed by atoms with Crippen molar-refractivity contribution >= 4 is 17.0 Å². The lowest BCUT2D eigenvalue weighted by Gasteiger charge is -1.96. The minimum atomic E-state index is -0.412. The number of aromatic nitrogens is 2. The van der Waals surface area contributed by atoms with E-state index in [1.165, 1.54) is 23.5 Å². The van der Waals surface area contributed by atoms with E-state index in [0.29, 0.717) is 0 Å². The van der Waals surface area contributed by atoms with E-state index in [4.69, 9.17) is 0 Å². The number of nitro groups is 1. The minimum absolute atomic E-state index is 0.0789. The molecule has 0 bridgehead atoms. The lowest BCUT2D eigenvalue weighted by molar-refractivity contribution is -0.384. The number of nitro benzene ring substituents is 1. The third-order valence-electron chi connectivity index (χ3n) is 2.76. The first-order chi connectivity index (χ1) is 9.74. The van der Waals surface area contributed by atoms with Crippen LogP contribution < -0.4 is 0 Å². The van der Waals surface area contributed by atoms with Crippen LogP contribution in [0.1, 0.15) is 0 Å². The summed E-state index contributed by atoms with van der Waals surface area (Å²) in [5.41, 5.74) is 2.57. The molecule has 6 heteroatoms. The molecule has 3 aromatic rings. The Labute approximate surface area is 118 Å². The smallest absolute Gasteiger partial charge is 0.258 e. The first kappa shape index (κ1) is 12.4. The first-order valence-corrected chi connectivity index (χ1v) is 6.74. The number of benzene rings is 1. The maximum atomic E-state index is 10.6. The van der Waals surface area contributed by atoms with Gasteiger partial charge in [-0.1, -0.05) is 6.07 Å². The van der Waals surface area contributed by atoms with Crippen molar-refractivity contribution in [3.05, 3.63) is 64.2 Å². The number of pyridine rings is 1. The average Bonchev–Trinajstić information content (AvgIpc) is 2.98. The normalized spacial score (nSPS) is 10.4. The van der Waals surface area contributed by atoms with Crippen LogP contribution in [0.4, 0.5) is 5.69 Å². The van der Waals surface area contributed by atoms with Crippen LogP contribution in [-0.4, -0.2) is 14.9 Å². The Bertz CT molecular complexity index is 739. The van der Waals surface area contributed by atoms with Crippen molar-refractivity contribution in [3.63, 3.8) is 0 Å². The third kappa shape index (κ3) is 2.41. The molecule has 3 rings (SSSR count). The molecule has 0 fully saturated rings. The van der Waals surface area contributed by atoms with E-state index in [1.54, 1.807) is 18.3 Å². The Morgan fingerprint density at radius 2 is 1.85 bits per heavy atom. The van der Waals surface area contributed by atoms with Crippen LogP contribution in [0.5, 0.6) is 0 Å². The molecule has 98 valence electrons. The summed E-state index contributed by atoms with van der Waals surface area (Å²) in [6.45, 7) is 0. The molecule has 0 aliphatic carbocycles. The highest BCUT2D eigenvalue weighted by molar-refractivity contribution is 7.13. The number of rotatable bonds is 3. The highest BCUT2D eigenvalue weighted by Crippen LogP contribution is 2.28. The van der Waals surface area contributed by atoms with E-state index in [2.05, 4.69) is 9.97 Å². The van der Waals surface area contributed by atoms with E-state index in [0.717, 1.165) is 22.0 Å². The summed E-state index contributed by atoms with van der Waals surface area (Å²) in [6.07, 6.45) is 1.72. The topological polar surface area (TPSA) is 68.9 Å². The second-order valence-corrected chi connectivity index (χ2v) is 4.91. The molecule has 0 radical (unpaired) electrons. The van der Waals surface area contributed by atoms with Crippen molar-refractivity contribution in [3.8, 4) is 22.0 Å². The zero-order valence-corrected chi connectivity index (χ0v) is 11.1. The van der Waals surface area contributed by atoms with Gasteiger partial charge in [0, 0.05) is 29.3 Å². The molecule has 0 aliphatic heterocycles. The van der Waals surface area contributed by atoms with Crippen LogP contribution in [0.15, 0.2) is 54.0 Å². The van der Waals surface area contributed by atoms with Crippen LogP contribution in [0.3, 0.4) is 0 Å². The van der Waals surface area contributed by atoms with Gasteiger partial charge in [0.1, 0.15) is 10.7 Å². The Balaban J connectivity index is 1.92. The summed E-state index contributed by atoms with van der Waals surface area (Å²) >= 11 is 1.49. The molecule has 0 atom stereocenters. The van der Waals surface area contributed by atoms with Crippen molar-refractivity contribution in [1.82, 2.24) is 9.97 Å². The predicted octanol–water partition coefficient (Wildman–Crippen LogP) is 3.78. The summed E-state index contributed by atoms with van der Waals surface area (Å²) < 4.78 is 0. The Kier molecular flexibility index (Phi) is 3.22. The number of hydrogen-bond donors (Lipinski definition) is 0. The maximum Gasteiger partial charge on any atom is 0.269 e. The molecular weight excluding hydrogens is 274 g/mol. The molecule has 0 spiro atoms. The van der Waals surface area contributed by atoms with Crippen molar-refractivity contribution in [2.45, 2.75) is 0 Å². The molecule has 20 heavy (non-hydrogen) atoms. The molecule has 2 heterocycles. The molecular formula is C14H9N3O2S. The van der Waals surface area contributed by atoms with Crippen LogP contribution in [0.25, 0.3) is 22.0 Å². The summed E-state index contributed by atoms with van der Waals surface area (Å²) in [7, 11) is 0. The fourth-order valence-corrected chi connectivity index (χ4v) is 2.58. The molecule has 0 saturated carbocycles. The SMILES string of the molecule is O=[N+]([O-])c1ccc(-c2nc(-c3ccccn3)cs2)cc1. The highest BCUT2D eigenvalue weighted by Gasteiger charge is 2.09. The number of hydrogen-bond acceptors (Lipinski definition) is 5. The van der Waals surface area contributed by atoms with Gasteiger partial charge in [0.05, 0.1) is 10.6 Å². The number of nitrogens with zero attached hydrogens (tertiary/aromatic N) is 3. The Hall–Kier alpha value is -2.60. The highest BCUT2D eigenvalue weighted by atomic mass is 32.1. The van der Waals surface area contributed by atoms with Gasteiger partial charge >= 0.3 is 0 Å². The molecule has 0 saturated heterocycles. The van der Waals surface area contributed by atoms with Crippen LogP contribution in [0.2, 0.25) is 0 Å². The van der Waals surface area contributed by atoms with Gasteiger partial charge in [0.2, 0.25) is 0 Å². The fourth-order valence-electron chi connectivity index (χ4n) is 1.76. The van der Waals surface area contributed by atoms with E-state index in [-0.39, 0.29) is 5.69 Å². The summed E-state index contributed by atoms with van der Waals surface area (Å²) in [5, 5.41) is 13.4. The maximum absolute atomic E-state index is 10.6. The molecule has 0 N–H and O–H groups in total. The van der Waals surface area contributed by atoms with Gasteiger partial charge in [0.15, 0.2) is 0 Å². The van der Waals surface area contributed by atoms with Gasteiger partial charge in [-0.05, 0) is 24.3 Å². The summed E-state index contributed by atoms with van der Waals surface area (Å²) in [5.74, 6) is 0. The zero-order valence-electron chi connectivity index (χ0n) is 10.3. The quantitative estimate of drug-likeness (QED) is 0.542. The molecule has 2 aromatic heterocycles. The van der Waals surface area contributed by atoms with E-state index >= 15 is 0 Å². The van der Waals surface area contributed by atoms with Crippen molar-refractivity contribution in [1.29, 1.82) is 0 Å². The molecule has 0 amide bonds. The lowest BCUT2D eigenvalue weighted by atomic mass is 10.2. The average molecular weight is 283 g/mol. The van der Waals surface area contributed by atoms with Crippen LogP contribution >= 0.6 is 11.3 Å². The molecule has 1 aromatic carbocycles. The fraction of sp³-hybridized carbons (Fsp3) is 0. The van der Waals surface area contributed by atoms with Gasteiger partial charge in [-0.25, -0.2) is 4.98 Å². The van der Waals surface area contributed by atoms with Crippen LogP contribution in [-0.2, 0) is 0 Å². The lowest BCUT2D eigenvalue weighted by Crippen LogP contribution is -1.87. The second-order valence-electron chi connectivity index (χ2n) is 4.06. The largest absolute Gasteiger partial charge is 0.269 e. The van der Waals surface area contributed by atoms with Crippen molar-refractivity contribution in [2.24, 2.45) is 0 Å². The second kappa shape index (κ2) is 5.18. The van der Waals surface area contributed by atoms with E-state index in [1.807, 2.05) is 23.6 Å². The zero-order chi connectivity index (χ0) is 13.9. The summed E-state index contributed by atoms with van der Waals surface area (Å²) in [6, 6.07) is 12.0. The van der Waals surface area contributed by atoms with E-state index in [9.17, 15) is 10.1 Å². The number of thiazole rings is 1. The molecule has 0 unspecified atom stereocenters. The van der Waals surface area contributed by atoms with Crippen LogP contribution in [0, 0.1) is 10.1 Å². The Morgan fingerprint density at radius 1 is 1.05 bits per heavy atom. The molecule has 5 nitrogen and oxygen atoms in total. The summed E-state index contributed by atoms with van der Waals surface area (Å²) in [4.78, 5) is 19.0. The van der Waals surface area contributed by atoms with Gasteiger partial charge in [-0.3, -0.25) is 15.1 Å². The van der Waals surface area contributed by atoms with Gasteiger partial charge in [-0.15, -0.1) is 11.3 Å². The van der Waals surface area contributed by atoms with Gasteiger partial charge < -0.3 is 0 Å². The van der Waals surface area contributed by atoms with Gasteiger partial charge in [-0.2, -0.15) is 0 Å².